The van der Waals surface area contributed by atoms with Crippen LogP contribution in [0.1, 0.15) is 39.0 Å². The molecule has 3 N–H and O–H groups in total. The van der Waals surface area contributed by atoms with E-state index in [9.17, 15) is 15.0 Å². The molecule has 1 heterocycles. The first-order valence-electron chi connectivity index (χ1n) is 17.0. The fourth-order valence-electron chi connectivity index (χ4n) is 5.40. The van der Waals surface area contributed by atoms with Gasteiger partial charge in [0.1, 0.15) is 12.5 Å². The molecule has 1 amide bonds. The fourth-order valence-corrected chi connectivity index (χ4v) is 5.40. The molecule has 0 radical (unpaired) electrons. The number of aliphatic hydroxyl groups excluding tert-OH is 2. The van der Waals surface area contributed by atoms with Crippen molar-refractivity contribution in [3.05, 3.63) is 0 Å². The number of nitrogens with zero attached hydrogens (tertiary/aromatic N) is 1. The zero-order chi connectivity index (χ0) is 33.1. The molecular weight excluding hydrogens is 604 g/mol. The molecule has 3 atom stereocenters. The highest BCUT2D eigenvalue weighted by Crippen LogP contribution is 2.33. The standard InChI is InChI=1S/C32H62N2O12/c1-27-25-30(35)34(32(27)37)26-28-3-5-29(6-4-28)31(36)33-7-8-39-11-12-41-15-16-43-19-20-45-23-24-46-22-21-44-18-17-42-14-13-40-10-9-38-2/h27-30,32,35,37H,3-26H2,1-2H3,(H,33,36)/t27?,28?,29?,30-,32+/m1/s1. The van der Waals surface area contributed by atoms with Crippen molar-refractivity contribution in [3.63, 3.8) is 0 Å². The van der Waals surface area contributed by atoms with Crippen LogP contribution in [0.3, 0.4) is 0 Å². The summed E-state index contributed by atoms with van der Waals surface area (Å²) in [5.41, 5.74) is 0. The number of amides is 1. The van der Waals surface area contributed by atoms with Crippen LogP contribution in [0.4, 0.5) is 0 Å². The summed E-state index contributed by atoms with van der Waals surface area (Å²) in [7, 11) is 1.64. The summed E-state index contributed by atoms with van der Waals surface area (Å²) in [6, 6.07) is 0. The molecule has 1 aliphatic carbocycles. The second-order valence-electron chi connectivity index (χ2n) is 11.7. The van der Waals surface area contributed by atoms with E-state index in [2.05, 4.69) is 5.32 Å². The highest BCUT2D eigenvalue weighted by atomic mass is 16.6. The van der Waals surface area contributed by atoms with Gasteiger partial charge in [0.15, 0.2) is 0 Å². The van der Waals surface area contributed by atoms with Crippen LogP contribution in [0, 0.1) is 17.8 Å². The van der Waals surface area contributed by atoms with Gasteiger partial charge in [-0.3, -0.25) is 9.69 Å². The van der Waals surface area contributed by atoms with Crippen LogP contribution in [0.25, 0.3) is 0 Å². The van der Waals surface area contributed by atoms with Crippen LogP contribution in [-0.4, -0.2) is 166 Å². The third kappa shape index (κ3) is 19.7. The van der Waals surface area contributed by atoms with E-state index in [4.69, 9.17) is 42.6 Å². The zero-order valence-corrected chi connectivity index (χ0v) is 28.3. The van der Waals surface area contributed by atoms with Gasteiger partial charge in [0.05, 0.1) is 112 Å². The molecule has 0 spiro atoms. The van der Waals surface area contributed by atoms with Crippen LogP contribution < -0.4 is 5.32 Å². The highest BCUT2D eigenvalue weighted by molar-refractivity contribution is 5.78. The van der Waals surface area contributed by atoms with E-state index in [1.54, 1.807) is 7.11 Å². The minimum absolute atomic E-state index is 0.0238. The van der Waals surface area contributed by atoms with Crippen LogP contribution in [0.15, 0.2) is 0 Å². The molecule has 2 rings (SSSR count). The Hall–Kier alpha value is -1.01. The monoisotopic (exact) mass is 666 g/mol. The van der Waals surface area contributed by atoms with E-state index >= 15 is 0 Å². The molecule has 2 fully saturated rings. The van der Waals surface area contributed by atoms with E-state index in [1.807, 2.05) is 11.8 Å². The molecule has 14 heteroatoms. The van der Waals surface area contributed by atoms with E-state index in [0.717, 1.165) is 25.7 Å². The molecule has 0 aromatic carbocycles. The lowest BCUT2D eigenvalue weighted by Gasteiger charge is -2.33. The largest absolute Gasteiger partial charge is 0.382 e. The van der Waals surface area contributed by atoms with Crippen molar-refractivity contribution in [1.82, 2.24) is 10.2 Å². The minimum atomic E-state index is -0.574. The Balaban J connectivity index is 1.24. The second kappa shape index (κ2) is 27.9. The Bertz CT molecular complexity index is 717. The third-order valence-electron chi connectivity index (χ3n) is 8.08. The molecule has 0 bridgehead atoms. The first-order valence-corrected chi connectivity index (χ1v) is 17.0. The lowest BCUT2D eigenvalue weighted by molar-refractivity contribution is -0.127. The predicted molar refractivity (Wildman–Crippen MR) is 169 cm³/mol. The molecule has 1 saturated carbocycles. The molecule has 272 valence electrons. The molecule has 1 unspecified atom stereocenters. The predicted octanol–water partition coefficient (Wildman–Crippen LogP) is 0.667. The molecular formula is C32H62N2O12. The van der Waals surface area contributed by atoms with Crippen molar-refractivity contribution in [2.45, 2.75) is 51.5 Å². The SMILES string of the molecule is COCCOCCOCCOCCOCCOCCOCCOCCOCCNC(=O)C1CCC(CN2[C@H](O)CC(C)[C@@H]2O)CC1. The van der Waals surface area contributed by atoms with Gasteiger partial charge >= 0.3 is 0 Å². The number of hydrogen-bond acceptors (Lipinski definition) is 13. The topological polar surface area (TPSA) is 156 Å². The Labute approximate surface area is 275 Å². The molecule has 46 heavy (non-hydrogen) atoms. The van der Waals surface area contributed by atoms with Crippen molar-refractivity contribution < 1.29 is 57.6 Å². The summed E-state index contributed by atoms with van der Waals surface area (Å²) in [6.45, 7) is 11.8. The summed E-state index contributed by atoms with van der Waals surface area (Å²) in [5, 5.41) is 23.4. The minimum Gasteiger partial charge on any atom is -0.382 e. The third-order valence-corrected chi connectivity index (χ3v) is 8.08. The van der Waals surface area contributed by atoms with Crippen molar-refractivity contribution in [1.29, 1.82) is 0 Å². The van der Waals surface area contributed by atoms with Crippen LogP contribution >= 0.6 is 0 Å². The van der Waals surface area contributed by atoms with Crippen LogP contribution in [0.2, 0.25) is 0 Å². The van der Waals surface area contributed by atoms with Crippen molar-refractivity contribution in [2.24, 2.45) is 17.8 Å². The van der Waals surface area contributed by atoms with Gasteiger partial charge < -0.3 is 58.2 Å². The highest BCUT2D eigenvalue weighted by Gasteiger charge is 2.38. The van der Waals surface area contributed by atoms with Crippen LogP contribution in [-0.2, 0) is 47.4 Å². The molecule has 2 aliphatic rings. The number of likely N-dealkylation sites (tertiary alicyclic amines) is 1. The van der Waals surface area contributed by atoms with Gasteiger partial charge in [-0.2, -0.15) is 0 Å². The van der Waals surface area contributed by atoms with Gasteiger partial charge in [-0.25, -0.2) is 0 Å². The summed E-state index contributed by atoms with van der Waals surface area (Å²) in [6.07, 6.45) is 3.02. The fraction of sp³-hybridized carbons (Fsp3) is 0.969. The lowest BCUT2D eigenvalue weighted by Crippen LogP contribution is -2.42. The van der Waals surface area contributed by atoms with Gasteiger partial charge in [-0.1, -0.05) is 6.92 Å². The second-order valence-corrected chi connectivity index (χ2v) is 11.7. The Morgan fingerprint density at radius 1 is 0.630 bits per heavy atom. The number of aliphatic hydroxyl groups is 2. The van der Waals surface area contributed by atoms with Crippen molar-refractivity contribution in [2.75, 3.05) is 133 Å². The maximum atomic E-state index is 12.5. The van der Waals surface area contributed by atoms with Crippen LogP contribution in [0.5, 0.6) is 0 Å². The van der Waals surface area contributed by atoms with E-state index in [1.165, 1.54) is 0 Å². The molecule has 1 saturated heterocycles. The quantitative estimate of drug-likeness (QED) is 0.0921. The molecule has 1 aliphatic heterocycles. The Morgan fingerprint density at radius 3 is 1.39 bits per heavy atom. The normalized spacial score (nSPS) is 23.7. The number of hydrogen-bond donors (Lipinski definition) is 3. The first-order chi connectivity index (χ1) is 22.5. The lowest BCUT2D eigenvalue weighted by atomic mass is 9.81. The first kappa shape index (κ1) is 41.2. The number of rotatable bonds is 30. The van der Waals surface area contributed by atoms with Gasteiger partial charge in [0.25, 0.3) is 0 Å². The summed E-state index contributed by atoms with van der Waals surface area (Å²) in [4.78, 5) is 14.3. The van der Waals surface area contributed by atoms with Crippen molar-refractivity contribution in [3.8, 4) is 0 Å². The van der Waals surface area contributed by atoms with Gasteiger partial charge in [-0.05, 0) is 43.9 Å². The molecule has 0 aromatic heterocycles. The Morgan fingerprint density at radius 2 is 1.02 bits per heavy atom. The molecule has 0 aromatic rings. The smallest absolute Gasteiger partial charge is 0.223 e. The van der Waals surface area contributed by atoms with E-state index < -0.39 is 12.5 Å². The summed E-state index contributed by atoms with van der Waals surface area (Å²) in [5.74, 6) is 0.604. The van der Waals surface area contributed by atoms with E-state index in [0.29, 0.717) is 138 Å². The number of ether oxygens (including phenoxy) is 9. The Kier molecular flexibility index (Phi) is 25.0. The average molecular weight is 667 g/mol. The zero-order valence-electron chi connectivity index (χ0n) is 28.3. The number of carbonyl (C=O) groups excluding carboxylic acids is 1. The van der Waals surface area contributed by atoms with Gasteiger partial charge in [0, 0.05) is 26.1 Å². The number of methoxy groups -OCH3 is 1. The summed E-state index contributed by atoms with van der Waals surface area (Å²) < 4.78 is 48.5. The molecule has 14 nitrogen and oxygen atoms in total. The number of carbonyl (C=O) groups is 1. The average Bonchev–Trinajstić information content (AvgIpc) is 3.30. The van der Waals surface area contributed by atoms with Crippen molar-refractivity contribution >= 4 is 5.91 Å². The van der Waals surface area contributed by atoms with Gasteiger partial charge in [0.2, 0.25) is 5.91 Å². The van der Waals surface area contributed by atoms with E-state index in [-0.39, 0.29) is 17.7 Å². The number of nitrogens with one attached hydrogen (secondary N) is 1. The maximum absolute atomic E-state index is 12.5. The van der Waals surface area contributed by atoms with Gasteiger partial charge in [-0.15, -0.1) is 0 Å². The maximum Gasteiger partial charge on any atom is 0.223 e. The summed E-state index contributed by atoms with van der Waals surface area (Å²) >= 11 is 0.